The summed E-state index contributed by atoms with van der Waals surface area (Å²) in [4.78, 5) is 8.66. The molecule has 0 amide bonds. The van der Waals surface area contributed by atoms with E-state index in [4.69, 9.17) is 23.2 Å². The normalized spacial score (nSPS) is 10.8. The number of nitrogens with zero attached hydrogens (tertiary/aromatic N) is 2. The molecule has 0 saturated carbocycles. The van der Waals surface area contributed by atoms with Gasteiger partial charge in [-0.2, -0.15) is 0 Å². The summed E-state index contributed by atoms with van der Waals surface area (Å²) in [5.41, 5.74) is 1.75. The third-order valence-corrected chi connectivity index (χ3v) is 3.83. The van der Waals surface area contributed by atoms with E-state index in [1.54, 1.807) is 6.07 Å². The lowest BCUT2D eigenvalue weighted by Gasteiger charge is -2.18. The molecular formula is C15H18Cl2N4. The van der Waals surface area contributed by atoms with Crippen LogP contribution in [0.4, 0.5) is 17.3 Å². The van der Waals surface area contributed by atoms with Crippen LogP contribution in [0.1, 0.15) is 32.3 Å². The first kappa shape index (κ1) is 15.9. The zero-order chi connectivity index (χ0) is 15.4. The molecule has 2 N–H and O–H groups in total. The molecule has 0 spiro atoms. The van der Waals surface area contributed by atoms with Crippen molar-refractivity contribution >= 4 is 40.5 Å². The van der Waals surface area contributed by atoms with Crippen molar-refractivity contribution in [2.24, 2.45) is 0 Å². The largest absolute Gasteiger partial charge is 0.370 e. The van der Waals surface area contributed by atoms with Crippen molar-refractivity contribution in [2.45, 2.75) is 26.7 Å². The molecule has 0 aliphatic rings. The van der Waals surface area contributed by atoms with Crippen molar-refractivity contribution in [1.82, 2.24) is 9.97 Å². The number of benzene rings is 1. The highest BCUT2D eigenvalue weighted by Crippen LogP contribution is 2.35. The van der Waals surface area contributed by atoms with Crippen LogP contribution < -0.4 is 10.6 Å². The Kier molecular flexibility index (Phi) is 5.26. The average Bonchev–Trinajstić information content (AvgIpc) is 2.44. The Morgan fingerprint density at radius 3 is 2.52 bits per heavy atom. The van der Waals surface area contributed by atoms with Gasteiger partial charge in [-0.3, -0.25) is 0 Å². The summed E-state index contributed by atoms with van der Waals surface area (Å²) in [5, 5.41) is 7.51. The number of hydrogen-bond donors (Lipinski definition) is 2. The molecule has 0 fully saturated rings. The summed E-state index contributed by atoms with van der Waals surface area (Å²) in [6, 6.07) is 5.47. The number of anilines is 3. The Hall–Kier alpha value is -1.52. The van der Waals surface area contributed by atoms with Gasteiger partial charge in [0.15, 0.2) is 0 Å². The van der Waals surface area contributed by atoms with Gasteiger partial charge >= 0.3 is 0 Å². The van der Waals surface area contributed by atoms with E-state index < -0.39 is 0 Å². The Bertz CT molecular complexity index is 629. The Labute approximate surface area is 134 Å². The van der Waals surface area contributed by atoms with E-state index in [0.717, 1.165) is 29.4 Å². The van der Waals surface area contributed by atoms with Gasteiger partial charge in [0.25, 0.3) is 0 Å². The molecule has 4 nitrogen and oxygen atoms in total. The first-order chi connectivity index (χ1) is 10.0. The fraction of sp³-hybridized carbons (Fsp3) is 0.333. The lowest BCUT2D eigenvalue weighted by atomic mass is 10.0. The van der Waals surface area contributed by atoms with Crippen LogP contribution in [0.5, 0.6) is 0 Å². The summed E-state index contributed by atoms with van der Waals surface area (Å²) < 4.78 is 0. The molecule has 0 aliphatic heterocycles. The van der Waals surface area contributed by atoms with Crippen LogP contribution in [-0.2, 0) is 0 Å². The highest BCUT2D eigenvalue weighted by atomic mass is 35.5. The predicted molar refractivity (Wildman–Crippen MR) is 90.0 cm³/mol. The number of nitrogens with one attached hydrogen (secondary N) is 2. The second-order valence-corrected chi connectivity index (χ2v) is 5.68. The fourth-order valence-corrected chi connectivity index (χ4v) is 2.43. The zero-order valence-corrected chi connectivity index (χ0v) is 13.8. The van der Waals surface area contributed by atoms with Crippen LogP contribution in [0.25, 0.3) is 0 Å². The maximum atomic E-state index is 6.22. The summed E-state index contributed by atoms with van der Waals surface area (Å²) in [5.74, 6) is 1.84. The third kappa shape index (κ3) is 3.57. The minimum atomic E-state index is 0.265. The Balaban J connectivity index is 2.44. The summed E-state index contributed by atoms with van der Waals surface area (Å²) >= 11 is 12.3. The van der Waals surface area contributed by atoms with Crippen molar-refractivity contribution in [3.05, 3.63) is 40.1 Å². The molecular weight excluding hydrogens is 307 g/mol. The van der Waals surface area contributed by atoms with E-state index in [9.17, 15) is 0 Å². The molecule has 0 bridgehead atoms. The highest BCUT2D eigenvalue weighted by molar-refractivity contribution is 6.43. The smallest absolute Gasteiger partial charge is 0.139 e. The van der Waals surface area contributed by atoms with E-state index in [1.807, 2.05) is 19.1 Å². The van der Waals surface area contributed by atoms with Crippen LogP contribution >= 0.6 is 23.2 Å². The molecule has 0 atom stereocenters. The molecule has 2 aromatic rings. The first-order valence-corrected chi connectivity index (χ1v) is 7.60. The van der Waals surface area contributed by atoms with E-state index in [1.165, 1.54) is 6.33 Å². The summed E-state index contributed by atoms with van der Waals surface area (Å²) in [6.45, 7) is 7.04. The molecule has 0 radical (unpaired) electrons. The van der Waals surface area contributed by atoms with E-state index in [-0.39, 0.29) is 5.92 Å². The second kappa shape index (κ2) is 6.96. The van der Waals surface area contributed by atoms with Gasteiger partial charge in [0.2, 0.25) is 0 Å². The van der Waals surface area contributed by atoms with Crippen LogP contribution in [0.2, 0.25) is 10.0 Å². The first-order valence-electron chi connectivity index (χ1n) is 6.84. The third-order valence-electron chi connectivity index (χ3n) is 3.01. The highest BCUT2D eigenvalue weighted by Gasteiger charge is 2.16. The van der Waals surface area contributed by atoms with Crippen LogP contribution in [-0.4, -0.2) is 16.5 Å². The van der Waals surface area contributed by atoms with Gasteiger partial charge in [-0.25, -0.2) is 9.97 Å². The quantitative estimate of drug-likeness (QED) is 0.804. The molecule has 0 saturated heterocycles. The average molecular weight is 325 g/mol. The predicted octanol–water partition coefficient (Wildman–Crippen LogP) is 5.08. The van der Waals surface area contributed by atoms with Crippen molar-refractivity contribution in [3.63, 3.8) is 0 Å². The lowest BCUT2D eigenvalue weighted by molar-refractivity contribution is 0.849. The van der Waals surface area contributed by atoms with E-state index in [0.29, 0.717) is 10.0 Å². The fourth-order valence-electron chi connectivity index (χ4n) is 2.08. The summed E-state index contributed by atoms with van der Waals surface area (Å²) in [7, 11) is 0. The van der Waals surface area contributed by atoms with Gasteiger partial charge in [-0.1, -0.05) is 43.1 Å². The van der Waals surface area contributed by atoms with Gasteiger partial charge in [0.1, 0.15) is 18.0 Å². The summed E-state index contributed by atoms with van der Waals surface area (Å²) in [6.07, 6.45) is 1.53. The van der Waals surface area contributed by atoms with Gasteiger partial charge in [-0.05, 0) is 25.0 Å². The van der Waals surface area contributed by atoms with Gasteiger partial charge in [0.05, 0.1) is 15.7 Å². The van der Waals surface area contributed by atoms with Crippen molar-refractivity contribution < 1.29 is 0 Å². The lowest BCUT2D eigenvalue weighted by Crippen LogP contribution is -2.09. The van der Waals surface area contributed by atoms with Crippen LogP contribution in [0, 0.1) is 0 Å². The van der Waals surface area contributed by atoms with Crippen LogP contribution in [0.3, 0.4) is 0 Å². The molecule has 21 heavy (non-hydrogen) atoms. The molecule has 2 rings (SSSR count). The van der Waals surface area contributed by atoms with Crippen molar-refractivity contribution in [2.75, 3.05) is 17.2 Å². The monoisotopic (exact) mass is 324 g/mol. The second-order valence-electron chi connectivity index (χ2n) is 4.90. The maximum Gasteiger partial charge on any atom is 0.139 e. The number of rotatable bonds is 5. The standard InChI is InChI=1S/C15H18Cl2N4/c1-4-18-14-12(9(2)3)15(20-8-19-14)21-11-7-5-6-10(16)13(11)17/h5-9H,4H2,1-3H3,(H2,18,19,20,21). The maximum absolute atomic E-state index is 6.22. The Morgan fingerprint density at radius 1 is 1.14 bits per heavy atom. The minimum Gasteiger partial charge on any atom is -0.370 e. The van der Waals surface area contributed by atoms with E-state index in [2.05, 4.69) is 34.4 Å². The molecule has 1 aromatic carbocycles. The zero-order valence-electron chi connectivity index (χ0n) is 12.2. The van der Waals surface area contributed by atoms with Crippen molar-refractivity contribution in [3.8, 4) is 0 Å². The molecule has 1 aromatic heterocycles. The number of aromatic nitrogens is 2. The molecule has 0 unspecified atom stereocenters. The van der Waals surface area contributed by atoms with Crippen LogP contribution in [0.15, 0.2) is 24.5 Å². The molecule has 6 heteroatoms. The SMILES string of the molecule is CCNc1ncnc(Nc2cccc(Cl)c2Cl)c1C(C)C. The molecule has 1 heterocycles. The molecule has 112 valence electrons. The molecule has 0 aliphatic carbocycles. The van der Waals surface area contributed by atoms with Gasteiger partial charge < -0.3 is 10.6 Å². The van der Waals surface area contributed by atoms with Gasteiger partial charge in [0, 0.05) is 12.1 Å². The van der Waals surface area contributed by atoms with Crippen molar-refractivity contribution in [1.29, 1.82) is 0 Å². The number of hydrogen-bond acceptors (Lipinski definition) is 4. The van der Waals surface area contributed by atoms with Gasteiger partial charge in [-0.15, -0.1) is 0 Å². The van der Waals surface area contributed by atoms with E-state index >= 15 is 0 Å². The Morgan fingerprint density at radius 2 is 1.86 bits per heavy atom. The topological polar surface area (TPSA) is 49.8 Å². The minimum absolute atomic E-state index is 0.265. The number of halogens is 2.